The Morgan fingerprint density at radius 1 is 1.30 bits per heavy atom. The summed E-state index contributed by atoms with van der Waals surface area (Å²) in [5, 5.41) is 11.0. The van der Waals surface area contributed by atoms with E-state index in [4.69, 9.17) is 0 Å². The number of thiophene rings is 1. The zero-order valence-corrected chi connectivity index (χ0v) is 15.5. The van der Waals surface area contributed by atoms with Crippen molar-refractivity contribution in [3.8, 4) is 0 Å². The number of hydrogen-bond acceptors (Lipinski definition) is 5. The van der Waals surface area contributed by atoms with Crippen LogP contribution in [0.15, 0.2) is 40.2 Å². The lowest BCUT2D eigenvalue weighted by Gasteiger charge is -2.05. The van der Waals surface area contributed by atoms with Crippen LogP contribution in [0.5, 0.6) is 0 Å². The molecule has 0 saturated carbocycles. The van der Waals surface area contributed by atoms with Crippen molar-refractivity contribution in [2.45, 2.75) is 12.3 Å². The topological polar surface area (TPSA) is 59.8 Å². The minimum atomic E-state index is -0.0416. The Balaban J connectivity index is 1.40. The number of aromatic nitrogens is 3. The highest BCUT2D eigenvalue weighted by atomic mass is 79.9. The number of hydrogen-bond donors (Lipinski definition) is 1. The number of carbonyl (C=O) groups excluding carboxylic acids is 1. The number of amides is 1. The summed E-state index contributed by atoms with van der Waals surface area (Å²) in [7, 11) is 0. The van der Waals surface area contributed by atoms with E-state index < -0.39 is 0 Å². The van der Waals surface area contributed by atoms with Gasteiger partial charge in [-0.25, -0.2) is 4.68 Å². The molecular weight excluding hydrogens is 396 g/mol. The van der Waals surface area contributed by atoms with Gasteiger partial charge in [0.05, 0.1) is 9.30 Å². The van der Waals surface area contributed by atoms with Crippen LogP contribution in [0, 0.1) is 0 Å². The summed E-state index contributed by atoms with van der Waals surface area (Å²) in [5.74, 6) is 1.82. The first-order valence-electron chi connectivity index (χ1n) is 7.09. The van der Waals surface area contributed by atoms with Crippen LogP contribution < -0.4 is 5.32 Å². The molecular formula is C15H15BrN4OS2. The van der Waals surface area contributed by atoms with E-state index in [9.17, 15) is 4.79 Å². The van der Waals surface area contributed by atoms with Gasteiger partial charge in [0.15, 0.2) is 0 Å². The highest BCUT2D eigenvalue weighted by Crippen LogP contribution is 2.25. The third kappa shape index (κ3) is 4.55. The van der Waals surface area contributed by atoms with Crippen molar-refractivity contribution < 1.29 is 4.79 Å². The summed E-state index contributed by atoms with van der Waals surface area (Å²) < 4.78 is 2.78. The standard InChI is InChI=1S/C15H15BrN4OS2/c16-14-6-5-11(23-14)10-22-8-7-17-15(21)9-20-13-4-2-1-3-12(13)18-19-20/h1-6H,7-10H2,(H,17,21). The molecule has 5 nitrogen and oxygen atoms in total. The predicted octanol–water partition coefficient (Wildman–Crippen LogP) is 3.30. The van der Waals surface area contributed by atoms with E-state index in [1.807, 2.05) is 36.0 Å². The number of para-hydroxylation sites is 1. The Bertz CT molecular complexity index is 801. The first-order valence-corrected chi connectivity index (χ1v) is 9.86. The van der Waals surface area contributed by atoms with Gasteiger partial charge in [-0.2, -0.15) is 11.8 Å². The lowest BCUT2D eigenvalue weighted by Crippen LogP contribution is -2.29. The second-order valence-corrected chi connectivity index (χ2v) is 8.50. The maximum atomic E-state index is 12.0. The molecule has 0 aliphatic rings. The Hall–Kier alpha value is -1.38. The summed E-state index contributed by atoms with van der Waals surface area (Å²) in [6.45, 7) is 0.853. The lowest BCUT2D eigenvalue weighted by atomic mass is 10.3. The van der Waals surface area contributed by atoms with Gasteiger partial charge in [-0.15, -0.1) is 16.4 Å². The summed E-state index contributed by atoms with van der Waals surface area (Å²) in [6.07, 6.45) is 0. The molecule has 3 rings (SSSR count). The molecule has 0 aliphatic heterocycles. The van der Waals surface area contributed by atoms with Gasteiger partial charge < -0.3 is 5.32 Å². The van der Waals surface area contributed by atoms with Gasteiger partial charge in [-0.1, -0.05) is 17.3 Å². The molecule has 2 heterocycles. The molecule has 0 spiro atoms. The Morgan fingerprint density at radius 3 is 3.00 bits per heavy atom. The highest BCUT2D eigenvalue weighted by molar-refractivity contribution is 9.11. The van der Waals surface area contributed by atoms with E-state index in [-0.39, 0.29) is 12.5 Å². The van der Waals surface area contributed by atoms with Gasteiger partial charge in [0, 0.05) is 22.9 Å². The molecule has 1 amide bonds. The van der Waals surface area contributed by atoms with E-state index in [0.717, 1.165) is 26.3 Å². The number of thioether (sulfide) groups is 1. The highest BCUT2D eigenvalue weighted by Gasteiger charge is 2.07. The molecule has 0 bridgehead atoms. The summed E-state index contributed by atoms with van der Waals surface area (Å²) in [5.41, 5.74) is 1.68. The molecule has 0 radical (unpaired) electrons. The van der Waals surface area contributed by atoms with Crippen LogP contribution in [0.4, 0.5) is 0 Å². The number of halogens is 1. The summed E-state index contributed by atoms with van der Waals surface area (Å²) >= 11 is 7.02. The first kappa shape index (κ1) is 16.5. The Kier molecular flexibility index (Phi) is 5.69. The van der Waals surface area contributed by atoms with E-state index in [0.29, 0.717) is 6.54 Å². The fourth-order valence-electron chi connectivity index (χ4n) is 2.09. The molecule has 1 N–H and O–H groups in total. The third-order valence-corrected chi connectivity index (χ3v) is 5.97. The fraction of sp³-hybridized carbons (Fsp3) is 0.267. The van der Waals surface area contributed by atoms with Crippen LogP contribution >= 0.6 is 39.0 Å². The molecule has 23 heavy (non-hydrogen) atoms. The van der Waals surface area contributed by atoms with Gasteiger partial charge in [-0.3, -0.25) is 4.79 Å². The lowest BCUT2D eigenvalue weighted by molar-refractivity contribution is -0.121. The molecule has 3 aromatic rings. The van der Waals surface area contributed by atoms with Crippen LogP contribution in [-0.2, 0) is 17.1 Å². The number of nitrogens with one attached hydrogen (secondary N) is 1. The van der Waals surface area contributed by atoms with E-state index in [1.165, 1.54) is 4.88 Å². The normalized spacial score (nSPS) is 11.0. The Labute approximate surface area is 150 Å². The molecule has 1 aromatic carbocycles. The molecule has 0 saturated heterocycles. The molecule has 0 fully saturated rings. The minimum absolute atomic E-state index is 0.0416. The van der Waals surface area contributed by atoms with Crippen molar-refractivity contribution in [1.82, 2.24) is 20.3 Å². The van der Waals surface area contributed by atoms with E-state index >= 15 is 0 Å². The predicted molar refractivity (Wildman–Crippen MR) is 98.7 cm³/mol. The van der Waals surface area contributed by atoms with Gasteiger partial charge in [0.1, 0.15) is 12.1 Å². The van der Waals surface area contributed by atoms with Crippen LogP contribution in [0.25, 0.3) is 11.0 Å². The van der Waals surface area contributed by atoms with Crippen molar-refractivity contribution in [3.63, 3.8) is 0 Å². The van der Waals surface area contributed by atoms with Crippen LogP contribution in [0.1, 0.15) is 4.88 Å². The van der Waals surface area contributed by atoms with Crippen molar-refractivity contribution in [1.29, 1.82) is 0 Å². The van der Waals surface area contributed by atoms with Crippen molar-refractivity contribution in [3.05, 3.63) is 45.1 Å². The average molecular weight is 411 g/mol. The molecule has 2 aromatic heterocycles. The number of fused-ring (bicyclic) bond motifs is 1. The molecule has 120 valence electrons. The zero-order valence-electron chi connectivity index (χ0n) is 12.2. The number of nitrogens with zero attached hydrogens (tertiary/aromatic N) is 3. The van der Waals surface area contributed by atoms with E-state index in [2.05, 4.69) is 43.7 Å². The van der Waals surface area contributed by atoms with E-state index in [1.54, 1.807) is 16.0 Å². The van der Waals surface area contributed by atoms with Crippen molar-refractivity contribution in [2.24, 2.45) is 0 Å². The zero-order chi connectivity index (χ0) is 16.1. The number of benzene rings is 1. The maximum Gasteiger partial charge on any atom is 0.241 e. The fourth-order valence-corrected chi connectivity index (χ4v) is 4.54. The molecule has 8 heteroatoms. The van der Waals surface area contributed by atoms with Gasteiger partial charge in [0.25, 0.3) is 0 Å². The average Bonchev–Trinajstić information content (AvgIpc) is 3.14. The van der Waals surface area contributed by atoms with Crippen molar-refractivity contribution in [2.75, 3.05) is 12.3 Å². The smallest absolute Gasteiger partial charge is 0.241 e. The Morgan fingerprint density at radius 2 is 2.17 bits per heavy atom. The van der Waals surface area contributed by atoms with Gasteiger partial charge >= 0.3 is 0 Å². The SMILES string of the molecule is O=C(Cn1nnc2ccccc21)NCCSCc1ccc(Br)s1. The number of carbonyl (C=O) groups is 1. The first-order chi connectivity index (χ1) is 11.2. The van der Waals surface area contributed by atoms with Crippen LogP contribution in [0.2, 0.25) is 0 Å². The van der Waals surface area contributed by atoms with Crippen LogP contribution in [0.3, 0.4) is 0 Å². The monoisotopic (exact) mass is 410 g/mol. The molecule has 0 aliphatic carbocycles. The van der Waals surface area contributed by atoms with Gasteiger partial charge in [-0.05, 0) is 40.2 Å². The van der Waals surface area contributed by atoms with Crippen molar-refractivity contribution >= 4 is 56.0 Å². The quantitative estimate of drug-likeness (QED) is 0.606. The third-order valence-electron chi connectivity index (χ3n) is 3.16. The largest absolute Gasteiger partial charge is 0.354 e. The summed E-state index contributed by atoms with van der Waals surface area (Å²) in [6, 6.07) is 11.8. The second kappa shape index (κ2) is 7.94. The molecule has 0 atom stereocenters. The molecule has 0 unspecified atom stereocenters. The minimum Gasteiger partial charge on any atom is -0.354 e. The number of rotatable bonds is 7. The summed E-state index contributed by atoms with van der Waals surface area (Å²) in [4.78, 5) is 13.3. The maximum absolute atomic E-state index is 12.0. The van der Waals surface area contributed by atoms with Crippen LogP contribution in [-0.4, -0.2) is 33.2 Å². The van der Waals surface area contributed by atoms with Gasteiger partial charge in [0.2, 0.25) is 5.91 Å². The second-order valence-electron chi connectivity index (χ2n) is 4.84.